The number of halogens is 1. The van der Waals surface area contributed by atoms with Gasteiger partial charge in [-0.3, -0.25) is 0 Å². The first kappa shape index (κ1) is 7.09. The van der Waals surface area contributed by atoms with Crippen LogP contribution >= 0.6 is 0 Å². The van der Waals surface area contributed by atoms with E-state index in [-0.39, 0.29) is 18.7 Å². The van der Waals surface area contributed by atoms with E-state index in [4.69, 9.17) is 10.1 Å². The van der Waals surface area contributed by atoms with Gasteiger partial charge in [0.05, 0.1) is 0 Å². The predicted molar refractivity (Wildman–Crippen MR) is 37.1 cm³/mol. The van der Waals surface area contributed by atoms with Gasteiger partial charge in [0, 0.05) is 0 Å². The minimum Gasteiger partial charge on any atom is -0.508 e. The molecule has 52 valence electrons. The van der Waals surface area contributed by atoms with Gasteiger partial charge in [-0.15, -0.1) is 0 Å². The Hall–Kier alpha value is -1.03. The third kappa shape index (κ3) is 1.27. The highest BCUT2D eigenvalue weighted by atomic mass is 19.1. The molecule has 0 aromatic heterocycles. The van der Waals surface area contributed by atoms with Crippen LogP contribution in [0.5, 0.6) is 5.75 Å². The summed E-state index contributed by atoms with van der Waals surface area (Å²) in [5.41, 5.74) is 0.208. The maximum absolute atomic E-state index is 12.3. The summed E-state index contributed by atoms with van der Waals surface area (Å²) >= 11 is 0. The molecule has 0 fully saturated rings. The Morgan fingerprint density at radius 3 is 2.60 bits per heavy atom. The summed E-state index contributed by atoms with van der Waals surface area (Å²) in [7, 11) is -0.344. The zero-order valence-electron chi connectivity index (χ0n) is 5.21. The average Bonchev–Trinajstić information content (AvgIpc) is 1.94. The number of hydrogen-bond acceptors (Lipinski definition) is 2. The van der Waals surface area contributed by atoms with Crippen molar-refractivity contribution in [2.24, 2.45) is 0 Å². The lowest BCUT2D eigenvalue weighted by atomic mass is 9.88. The lowest BCUT2D eigenvalue weighted by Gasteiger charge is -1.97. The molecule has 1 aromatic rings. The zero-order chi connectivity index (χ0) is 7.56. The van der Waals surface area contributed by atoms with Gasteiger partial charge in [0.15, 0.2) is 0 Å². The van der Waals surface area contributed by atoms with E-state index in [2.05, 4.69) is 0 Å². The van der Waals surface area contributed by atoms with Crippen LogP contribution in [0.3, 0.4) is 0 Å². The summed E-state index contributed by atoms with van der Waals surface area (Å²) < 4.78 is 12.3. The van der Waals surface area contributed by atoms with Crippen LogP contribution in [0, 0.1) is 5.82 Å². The van der Waals surface area contributed by atoms with E-state index in [1.807, 2.05) is 0 Å². The smallest absolute Gasteiger partial charge is 0.308 e. The largest absolute Gasteiger partial charge is 0.508 e. The molecule has 0 aliphatic heterocycles. The molecule has 2 nitrogen and oxygen atoms in total. The lowest BCUT2D eigenvalue weighted by Crippen LogP contribution is -2.13. The van der Waals surface area contributed by atoms with E-state index in [0.29, 0.717) is 0 Å². The second-order valence-corrected chi connectivity index (χ2v) is 1.93. The van der Waals surface area contributed by atoms with Gasteiger partial charge in [0.1, 0.15) is 11.6 Å². The Morgan fingerprint density at radius 1 is 1.40 bits per heavy atom. The quantitative estimate of drug-likeness (QED) is 0.516. The van der Waals surface area contributed by atoms with Crippen LogP contribution in [0.2, 0.25) is 0 Å². The van der Waals surface area contributed by atoms with Crippen LogP contribution in [0.15, 0.2) is 18.2 Å². The van der Waals surface area contributed by atoms with E-state index in [9.17, 15) is 4.39 Å². The molecule has 0 radical (unpaired) electrons. The molecule has 0 atom stereocenters. The van der Waals surface area contributed by atoms with Crippen molar-refractivity contribution in [1.82, 2.24) is 0 Å². The summed E-state index contributed by atoms with van der Waals surface area (Å²) in [6.45, 7) is 0. The fourth-order valence-electron chi connectivity index (χ4n) is 0.681. The number of hydrogen-bond donors (Lipinski definition) is 2. The molecule has 4 heteroatoms. The fraction of sp³-hybridized carbons (Fsp3) is 0. The topological polar surface area (TPSA) is 40.5 Å². The Labute approximate surface area is 58.2 Å². The molecule has 0 unspecified atom stereocenters. The Bertz CT molecular complexity index is 239. The Morgan fingerprint density at radius 2 is 2.10 bits per heavy atom. The van der Waals surface area contributed by atoms with Crippen molar-refractivity contribution in [3.8, 4) is 5.75 Å². The molecule has 0 saturated carbocycles. The van der Waals surface area contributed by atoms with Crippen LogP contribution in [0.25, 0.3) is 0 Å². The number of rotatable bonds is 1. The second-order valence-electron chi connectivity index (χ2n) is 1.93. The molecule has 0 amide bonds. The molecule has 1 rings (SSSR count). The van der Waals surface area contributed by atoms with Crippen LogP contribution in [0.4, 0.5) is 4.39 Å². The van der Waals surface area contributed by atoms with Crippen molar-refractivity contribution in [2.45, 2.75) is 0 Å². The van der Waals surface area contributed by atoms with Crippen molar-refractivity contribution in [3.05, 3.63) is 24.0 Å². The van der Waals surface area contributed by atoms with Crippen molar-refractivity contribution >= 4 is 12.9 Å². The maximum atomic E-state index is 12.3. The summed E-state index contributed by atoms with van der Waals surface area (Å²) in [6, 6.07) is 3.44. The molecule has 0 aliphatic rings. The number of phenols is 1. The molecule has 0 spiro atoms. The normalized spacial score (nSPS) is 9.40. The molecule has 0 bridgehead atoms. The molecule has 1 aromatic carbocycles. The molecule has 2 N–H and O–H groups in total. The summed E-state index contributed by atoms with van der Waals surface area (Å²) in [6.07, 6.45) is 0. The van der Waals surface area contributed by atoms with E-state index < -0.39 is 5.82 Å². The minimum atomic E-state index is -0.457. The van der Waals surface area contributed by atoms with Gasteiger partial charge in [-0.25, -0.2) is 4.39 Å². The van der Waals surface area contributed by atoms with Gasteiger partial charge in [-0.2, -0.15) is 0 Å². The SMILES string of the molecule is OBc1cc(F)ccc1O. The Kier molecular flexibility index (Phi) is 1.92. The first-order chi connectivity index (χ1) is 4.74. The third-order valence-electron chi connectivity index (χ3n) is 1.21. The van der Waals surface area contributed by atoms with Crippen molar-refractivity contribution in [3.63, 3.8) is 0 Å². The lowest BCUT2D eigenvalue weighted by molar-refractivity contribution is 0.476. The second kappa shape index (κ2) is 2.71. The van der Waals surface area contributed by atoms with Gasteiger partial charge in [-0.1, -0.05) is 0 Å². The standard InChI is InChI=1S/C6H6BFO2/c8-4-1-2-6(9)5(3-4)7-10/h1-3,7,9-10H. The van der Waals surface area contributed by atoms with Gasteiger partial charge in [-0.05, 0) is 23.7 Å². The van der Waals surface area contributed by atoms with Crippen LogP contribution in [-0.4, -0.2) is 17.6 Å². The molecule has 0 aliphatic carbocycles. The highest BCUT2D eigenvalue weighted by molar-refractivity contribution is 6.46. The summed E-state index contributed by atoms with van der Waals surface area (Å²) in [5.74, 6) is -0.536. The van der Waals surface area contributed by atoms with Gasteiger partial charge in [0.2, 0.25) is 0 Å². The van der Waals surface area contributed by atoms with E-state index in [1.165, 1.54) is 6.07 Å². The predicted octanol–water partition coefficient (Wildman–Crippen LogP) is -0.500. The van der Waals surface area contributed by atoms with Crippen LogP contribution in [0.1, 0.15) is 0 Å². The molecular formula is C6H6BFO2. The highest BCUT2D eigenvalue weighted by Gasteiger charge is 2.01. The average molecular weight is 140 g/mol. The molecular weight excluding hydrogens is 134 g/mol. The summed E-state index contributed by atoms with van der Waals surface area (Å²) in [5, 5.41) is 17.4. The van der Waals surface area contributed by atoms with Crippen molar-refractivity contribution < 1.29 is 14.5 Å². The molecule has 0 saturated heterocycles. The zero-order valence-corrected chi connectivity index (χ0v) is 5.21. The molecule has 10 heavy (non-hydrogen) atoms. The van der Waals surface area contributed by atoms with Crippen LogP contribution in [-0.2, 0) is 0 Å². The minimum absolute atomic E-state index is 0.0797. The first-order valence-electron chi connectivity index (χ1n) is 2.82. The highest BCUT2D eigenvalue weighted by Crippen LogP contribution is 2.04. The van der Waals surface area contributed by atoms with Gasteiger partial charge >= 0.3 is 7.48 Å². The Balaban J connectivity index is 3.09. The number of aromatic hydroxyl groups is 1. The third-order valence-corrected chi connectivity index (χ3v) is 1.21. The molecule has 0 heterocycles. The van der Waals surface area contributed by atoms with E-state index in [0.717, 1.165) is 12.1 Å². The number of benzene rings is 1. The van der Waals surface area contributed by atoms with Gasteiger partial charge in [0.25, 0.3) is 0 Å². The van der Waals surface area contributed by atoms with Crippen molar-refractivity contribution in [2.75, 3.05) is 0 Å². The maximum Gasteiger partial charge on any atom is 0.308 e. The fourth-order valence-corrected chi connectivity index (χ4v) is 0.681. The monoisotopic (exact) mass is 140 g/mol. The van der Waals surface area contributed by atoms with E-state index in [1.54, 1.807) is 0 Å². The van der Waals surface area contributed by atoms with E-state index >= 15 is 0 Å². The van der Waals surface area contributed by atoms with Gasteiger partial charge < -0.3 is 10.1 Å². The summed E-state index contributed by atoms with van der Waals surface area (Å²) in [4.78, 5) is 0. The number of phenolic OH excluding ortho intramolecular Hbond substituents is 1. The van der Waals surface area contributed by atoms with Crippen LogP contribution < -0.4 is 5.46 Å². The van der Waals surface area contributed by atoms with Crippen molar-refractivity contribution in [1.29, 1.82) is 0 Å². The first-order valence-corrected chi connectivity index (χ1v) is 2.82.